The number of carbonyl (C=O) groups is 1. The Morgan fingerprint density at radius 3 is 1.97 bits per heavy atom. The molecule has 2 heterocycles. The molecular formula is C24H19N5O2S. The van der Waals surface area contributed by atoms with E-state index in [0.29, 0.717) is 28.0 Å². The van der Waals surface area contributed by atoms with Gasteiger partial charge in [0.15, 0.2) is 0 Å². The predicted molar refractivity (Wildman–Crippen MR) is 125 cm³/mol. The number of carboxylic acids is 1. The molecule has 0 saturated carbocycles. The molecule has 0 fully saturated rings. The monoisotopic (exact) mass is 441 g/mol. The van der Waals surface area contributed by atoms with E-state index in [1.807, 2.05) is 24.3 Å². The Hall–Kier alpha value is -3.70. The topological polar surface area (TPSA) is 92.2 Å². The van der Waals surface area contributed by atoms with Crippen LogP contribution in [0, 0.1) is 6.57 Å². The first kappa shape index (κ1) is 20.2. The average molecular weight is 442 g/mol. The van der Waals surface area contributed by atoms with Gasteiger partial charge in [-0.05, 0) is 17.4 Å². The van der Waals surface area contributed by atoms with Crippen molar-refractivity contribution in [2.45, 2.75) is 39.5 Å². The number of nitrogens with zero attached hydrogens (tertiary/aromatic N) is 5. The van der Waals surface area contributed by atoms with Crippen LogP contribution in [0.2, 0.25) is 0 Å². The molecular weight excluding hydrogens is 422 g/mol. The Morgan fingerprint density at radius 1 is 0.938 bits per heavy atom. The Balaban J connectivity index is 2.01. The first-order valence-corrected chi connectivity index (χ1v) is 11.0. The van der Waals surface area contributed by atoms with E-state index < -0.39 is 5.97 Å². The maximum atomic E-state index is 11.9. The summed E-state index contributed by atoms with van der Waals surface area (Å²) in [5, 5.41) is 9.73. The summed E-state index contributed by atoms with van der Waals surface area (Å²) in [6.45, 7) is 15.8. The van der Waals surface area contributed by atoms with Gasteiger partial charge in [-0.1, -0.05) is 52.0 Å². The molecule has 0 saturated heterocycles. The van der Waals surface area contributed by atoms with Gasteiger partial charge in [-0.3, -0.25) is 4.79 Å². The lowest BCUT2D eigenvalue weighted by Crippen LogP contribution is -2.05. The molecule has 0 amide bonds. The molecule has 0 bridgehead atoms. The minimum atomic E-state index is -1.27. The molecule has 0 unspecified atom stereocenters. The first-order valence-electron chi connectivity index (χ1n) is 10.3. The van der Waals surface area contributed by atoms with Crippen LogP contribution in [0.15, 0.2) is 38.7 Å². The lowest BCUT2D eigenvalue weighted by atomic mass is 9.90. The number of carboxylic acid groups (broad SMARTS) is 1. The van der Waals surface area contributed by atoms with E-state index in [2.05, 4.69) is 41.3 Å². The normalized spacial score (nSPS) is 14.9. The molecule has 5 rings (SSSR count). The van der Waals surface area contributed by atoms with Crippen LogP contribution in [0.3, 0.4) is 0 Å². The Morgan fingerprint density at radius 2 is 1.47 bits per heavy atom. The summed E-state index contributed by atoms with van der Waals surface area (Å²) in [7, 11) is 0. The van der Waals surface area contributed by atoms with E-state index in [9.17, 15) is 9.90 Å². The van der Waals surface area contributed by atoms with Crippen LogP contribution >= 0.6 is 0 Å². The molecule has 3 aromatic rings. The summed E-state index contributed by atoms with van der Waals surface area (Å²) in [6.07, 6.45) is 0. The second-order valence-electron chi connectivity index (χ2n) is 8.40. The number of hydrogen-bond acceptors (Lipinski definition) is 5. The van der Waals surface area contributed by atoms with Crippen molar-refractivity contribution in [3.63, 3.8) is 0 Å². The zero-order chi connectivity index (χ0) is 22.7. The second-order valence-corrected chi connectivity index (χ2v) is 8.93. The Kier molecular flexibility index (Phi) is 4.53. The Labute approximate surface area is 188 Å². The molecule has 7 nitrogen and oxygen atoms in total. The maximum Gasteiger partial charge on any atom is 0.334 e. The van der Waals surface area contributed by atoms with Crippen molar-refractivity contribution in [3.05, 3.63) is 63.8 Å². The quantitative estimate of drug-likeness (QED) is 0.261. The second kappa shape index (κ2) is 7.18. The average Bonchev–Trinajstić information content (AvgIpc) is 3.33. The molecule has 0 radical (unpaired) electrons. The largest absolute Gasteiger partial charge is 0.486 e. The van der Waals surface area contributed by atoms with Crippen LogP contribution in [0.4, 0.5) is 11.4 Å². The van der Waals surface area contributed by atoms with Gasteiger partial charge in [0.25, 0.3) is 5.70 Å². The number of hydrogen-bond donors (Lipinski definition) is 1. The molecule has 0 atom stereocenters. The first-order chi connectivity index (χ1) is 15.3. The highest BCUT2D eigenvalue weighted by atomic mass is 32.1. The molecule has 2 aliphatic rings. The van der Waals surface area contributed by atoms with E-state index in [1.165, 1.54) is 11.4 Å². The summed E-state index contributed by atoms with van der Waals surface area (Å²) < 4.78 is 9.16. The summed E-state index contributed by atoms with van der Waals surface area (Å²) in [5.74, 6) is -1.03. The number of aliphatic carboxylic acids is 1. The number of fused-ring (bicyclic) bond motifs is 5. The van der Waals surface area contributed by atoms with E-state index in [-0.39, 0.29) is 17.5 Å². The third-order valence-electron chi connectivity index (χ3n) is 5.80. The number of aromatic nitrogens is 2. The van der Waals surface area contributed by atoms with E-state index >= 15 is 0 Å². The van der Waals surface area contributed by atoms with Crippen LogP contribution in [0.25, 0.3) is 32.7 Å². The van der Waals surface area contributed by atoms with E-state index in [1.54, 1.807) is 0 Å². The van der Waals surface area contributed by atoms with Gasteiger partial charge in [-0.15, -0.1) is 0 Å². The highest BCUT2D eigenvalue weighted by molar-refractivity contribution is 7.58. The standard InChI is InChI=1S/C24H19N5O2S/c1-10(2)14-18-19(15(11(3)4)22-21(14)28-32-29-22)27-20-16(23(25-5)24(30)31)12-8-6-7-9-13(12)17(20)26-18/h6-11H,1-4H3,(H,30,31)/b23-16-. The minimum Gasteiger partial charge on any atom is -0.486 e. The van der Waals surface area contributed by atoms with Gasteiger partial charge < -0.3 is 5.11 Å². The van der Waals surface area contributed by atoms with Crippen molar-refractivity contribution in [1.29, 1.82) is 0 Å². The molecule has 1 aliphatic carbocycles. The number of rotatable bonds is 3. The smallest absolute Gasteiger partial charge is 0.334 e. The summed E-state index contributed by atoms with van der Waals surface area (Å²) >= 11 is 1.17. The Bertz CT molecular complexity index is 1510. The van der Waals surface area contributed by atoms with Gasteiger partial charge in [0, 0.05) is 22.3 Å². The van der Waals surface area contributed by atoms with E-state index in [0.717, 1.165) is 33.6 Å². The third kappa shape index (κ3) is 2.68. The minimum absolute atomic E-state index is 0.105. The van der Waals surface area contributed by atoms with Crippen LogP contribution < -0.4 is 0 Å². The molecule has 158 valence electrons. The van der Waals surface area contributed by atoms with Crippen molar-refractivity contribution in [3.8, 4) is 11.3 Å². The lowest BCUT2D eigenvalue weighted by molar-refractivity contribution is -0.132. The van der Waals surface area contributed by atoms with Crippen LogP contribution in [0.5, 0.6) is 0 Å². The lowest BCUT2D eigenvalue weighted by Gasteiger charge is -2.19. The van der Waals surface area contributed by atoms with Gasteiger partial charge in [-0.2, -0.15) is 8.73 Å². The predicted octanol–water partition coefficient (Wildman–Crippen LogP) is 6.35. The maximum absolute atomic E-state index is 11.9. The zero-order valence-electron chi connectivity index (χ0n) is 18.0. The fourth-order valence-corrected chi connectivity index (χ4v) is 5.09. The molecule has 1 aromatic heterocycles. The van der Waals surface area contributed by atoms with Crippen LogP contribution in [0.1, 0.15) is 61.9 Å². The highest BCUT2D eigenvalue weighted by Gasteiger charge is 2.34. The summed E-state index contributed by atoms with van der Waals surface area (Å²) in [6, 6.07) is 7.43. The van der Waals surface area contributed by atoms with E-state index in [4.69, 9.17) is 16.5 Å². The molecule has 8 heteroatoms. The number of benzene rings is 2. The third-order valence-corrected chi connectivity index (χ3v) is 6.33. The van der Waals surface area contributed by atoms with Crippen molar-refractivity contribution in [2.24, 2.45) is 8.73 Å². The SMILES string of the molecule is [C-]#[N+]/C(C(=O)O)=C1/c2ccccc2-c2nc3c(C(C)C)c4c(c(C(C)C)c3nc21)N=S=N4. The molecule has 1 aliphatic heterocycles. The van der Waals surface area contributed by atoms with Gasteiger partial charge in [0.1, 0.15) is 11.4 Å². The van der Waals surface area contributed by atoms with Crippen molar-refractivity contribution in [2.75, 3.05) is 0 Å². The van der Waals surface area contributed by atoms with Gasteiger partial charge in [0.2, 0.25) is 0 Å². The van der Waals surface area contributed by atoms with Crippen molar-refractivity contribution >= 4 is 45.3 Å². The van der Waals surface area contributed by atoms with Crippen LogP contribution in [-0.2, 0) is 16.1 Å². The summed E-state index contributed by atoms with van der Waals surface area (Å²) in [5.41, 5.74) is 7.52. The fourth-order valence-electron chi connectivity index (χ4n) is 4.52. The highest BCUT2D eigenvalue weighted by Crippen LogP contribution is 2.51. The van der Waals surface area contributed by atoms with Crippen molar-refractivity contribution < 1.29 is 9.90 Å². The van der Waals surface area contributed by atoms with Gasteiger partial charge >= 0.3 is 5.97 Å². The molecule has 2 aromatic carbocycles. The van der Waals surface area contributed by atoms with Gasteiger partial charge in [0.05, 0.1) is 40.3 Å². The summed E-state index contributed by atoms with van der Waals surface area (Å²) in [4.78, 5) is 25.3. The molecule has 1 N–H and O–H groups in total. The van der Waals surface area contributed by atoms with Crippen LogP contribution in [-0.4, -0.2) is 21.0 Å². The molecule has 0 spiro atoms. The van der Waals surface area contributed by atoms with Gasteiger partial charge in [-0.25, -0.2) is 14.8 Å². The molecule has 32 heavy (non-hydrogen) atoms. The van der Waals surface area contributed by atoms with Crippen molar-refractivity contribution in [1.82, 2.24) is 9.97 Å². The fraction of sp³-hybridized carbons (Fsp3) is 0.250. The zero-order valence-corrected chi connectivity index (χ0v) is 18.8.